The van der Waals surface area contributed by atoms with Gasteiger partial charge in [-0.3, -0.25) is 0 Å². The second-order valence-corrected chi connectivity index (χ2v) is 14.0. The molecule has 34 heavy (non-hydrogen) atoms. The van der Waals surface area contributed by atoms with Crippen LogP contribution in [-0.2, 0) is 0 Å². The van der Waals surface area contributed by atoms with Crippen molar-refractivity contribution < 1.29 is 0 Å². The highest BCUT2D eigenvalue weighted by atomic mass is 28.3. The quantitative estimate of drug-likeness (QED) is 0.269. The van der Waals surface area contributed by atoms with Crippen LogP contribution in [0.2, 0.25) is 13.1 Å². The van der Waals surface area contributed by atoms with E-state index in [2.05, 4.69) is 127 Å². The van der Waals surface area contributed by atoms with Gasteiger partial charge in [0.25, 0.3) is 0 Å². The predicted octanol–water partition coefficient (Wildman–Crippen LogP) is 6.65. The maximum absolute atomic E-state index is 5.21. The molecule has 4 aromatic carbocycles. The van der Waals surface area contributed by atoms with Gasteiger partial charge in [-0.15, -0.1) is 0 Å². The van der Waals surface area contributed by atoms with E-state index in [4.69, 9.17) is 4.98 Å². The van der Waals surface area contributed by atoms with E-state index in [9.17, 15) is 0 Å². The number of rotatable bonds is 2. The largest absolute Gasteiger partial charge is 0.301 e. The molecule has 0 aliphatic carbocycles. The first-order valence-corrected chi connectivity index (χ1v) is 14.8. The van der Waals surface area contributed by atoms with E-state index in [0.717, 1.165) is 17.1 Å². The Morgan fingerprint density at radius 1 is 0.676 bits per heavy atom. The summed E-state index contributed by atoms with van der Waals surface area (Å²) in [5, 5.41) is 6.84. The molecule has 162 valence electrons. The monoisotopic (exact) mass is 452 g/mol. The topological polar surface area (TPSA) is 17.8 Å². The first-order valence-electron chi connectivity index (χ1n) is 11.8. The maximum Gasteiger partial charge on any atom is 0.138 e. The third-order valence-corrected chi connectivity index (χ3v) is 11.0. The summed E-state index contributed by atoms with van der Waals surface area (Å²) in [7, 11) is -1.77. The van der Waals surface area contributed by atoms with Gasteiger partial charge < -0.3 is 4.57 Å². The number of fused-ring (bicyclic) bond motifs is 6. The lowest BCUT2D eigenvalue weighted by Crippen LogP contribution is -2.49. The van der Waals surface area contributed by atoms with Gasteiger partial charge in [-0.1, -0.05) is 98.0 Å². The fourth-order valence-corrected chi connectivity index (χ4v) is 9.29. The van der Waals surface area contributed by atoms with E-state index in [0.29, 0.717) is 0 Å². The molecule has 0 unspecified atom stereocenters. The minimum atomic E-state index is -1.77. The summed E-state index contributed by atoms with van der Waals surface area (Å²) in [4.78, 5) is 5.21. The zero-order chi connectivity index (χ0) is 22.9. The Kier molecular flexibility index (Phi) is 4.03. The molecule has 7 rings (SSSR count). The SMILES string of the molecule is C[Si]1(C)c2ccccc2-c2ccc3c(ccn3-c3cc4ccccc4c(-c4ccccc4)n3)c21. The van der Waals surface area contributed by atoms with E-state index >= 15 is 0 Å². The second-order valence-electron chi connectivity index (χ2n) is 9.69. The molecule has 6 aromatic rings. The van der Waals surface area contributed by atoms with Gasteiger partial charge in [0.05, 0.1) is 11.2 Å². The molecule has 3 heteroatoms. The summed E-state index contributed by atoms with van der Waals surface area (Å²) < 4.78 is 2.27. The molecule has 3 heterocycles. The van der Waals surface area contributed by atoms with E-state index in [1.165, 1.54) is 32.8 Å². The fourth-order valence-electron chi connectivity index (χ4n) is 5.84. The molecule has 1 aliphatic rings. The van der Waals surface area contributed by atoms with Crippen molar-refractivity contribution >= 4 is 40.1 Å². The van der Waals surface area contributed by atoms with Crippen LogP contribution in [0.5, 0.6) is 0 Å². The number of nitrogens with zero attached hydrogens (tertiary/aromatic N) is 2. The smallest absolute Gasteiger partial charge is 0.138 e. The van der Waals surface area contributed by atoms with E-state index < -0.39 is 8.07 Å². The summed E-state index contributed by atoms with van der Waals surface area (Å²) in [6.07, 6.45) is 2.20. The van der Waals surface area contributed by atoms with Crippen LogP contribution in [0.25, 0.3) is 49.9 Å². The standard InChI is InChI=1S/C31H24N2Si/c1-34(2)28-15-9-8-14-24(28)25-16-17-27-26(31(25)34)18-19-33(27)29-20-22-12-6-7-13-23(22)30(32-29)21-10-4-3-5-11-21/h3-20H,1-2H3. The van der Waals surface area contributed by atoms with Crippen LogP contribution in [0.4, 0.5) is 0 Å². The lowest BCUT2D eigenvalue weighted by molar-refractivity contribution is 1.05. The van der Waals surface area contributed by atoms with Crippen LogP contribution in [0.15, 0.2) is 109 Å². The van der Waals surface area contributed by atoms with Crippen molar-refractivity contribution in [1.82, 2.24) is 9.55 Å². The molecule has 0 fully saturated rings. The highest BCUT2D eigenvalue weighted by molar-refractivity contribution is 7.05. The molecule has 0 spiro atoms. The molecule has 0 amide bonds. The van der Waals surface area contributed by atoms with E-state index in [1.54, 1.807) is 10.4 Å². The van der Waals surface area contributed by atoms with Crippen molar-refractivity contribution in [2.75, 3.05) is 0 Å². The van der Waals surface area contributed by atoms with Gasteiger partial charge in [0.15, 0.2) is 0 Å². The van der Waals surface area contributed by atoms with Crippen molar-refractivity contribution in [3.8, 4) is 28.2 Å². The van der Waals surface area contributed by atoms with Crippen LogP contribution < -0.4 is 10.4 Å². The van der Waals surface area contributed by atoms with Crippen LogP contribution in [-0.4, -0.2) is 17.6 Å². The van der Waals surface area contributed by atoms with Gasteiger partial charge in [0.1, 0.15) is 13.9 Å². The molecule has 2 aromatic heterocycles. The van der Waals surface area contributed by atoms with E-state index in [1.807, 2.05) is 0 Å². The lowest BCUT2D eigenvalue weighted by Gasteiger charge is -2.20. The molecular formula is C31H24N2Si. The Hall–Kier alpha value is -3.95. The third kappa shape index (κ3) is 2.65. The molecule has 0 N–H and O–H groups in total. The molecule has 0 saturated carbocycles. The van der Waals surface area contributed by atoms with Crippen molar-refractivity contribution in [3.05, 3.63) is 109 Å². The van der Waals surface area contributed by atoms with Gasteiger partial charge in [-0.05, 0) is 45.1 Å². The first-order chi connectivity index (χ1) is 16.6. The normalized spacial score (nSPS) is 13.8. The van der Waals surface area contributed by atoms with Crippen molar-refractivity contribution in [1.29, 1.82) is 0 Å². The zero-order valence-electron chi connectivity index (χ0n) is 19.3. The average Bonchev–Trinajstić information content (AvgIpc) is 3.41. The molecular weight excluding hydrogens is 428 g/mol. The Morgan fingerprint density at radius 2 is 1.44 bits per heavy atom. The highest BCUT2D eigenvalue weighted by Gasteiger charge is 2.38. The van der Waals surface area contributed by atoms with Crippen molar-refractivity contribution in [3.63, 3.8) is 0 Å². The summed E-state index contributed by atoms with van der Waals surface area (Å²) in [5.74, 6) is 0.961. The molecule has 0 saturated heterocycles. The Bertz CT molecular complexity index is 1730. The molecule has 0 bridgehead atoms. The van der Waals surface area contributed by atoms with Crippen LogP contribution in [0.1, 0.15) is 0 Å². The Balaban J connectivity index is 1.49. The Labute approximate surface area is 200 Å². The fraction of sp³-hybridized carbons (Fsp3) is 0.0645. The van der Waals surface area contributed by atoms with Crippen LogP contribution in [0, 0.1) is 0 Å². The lowest BCUT2D eigenvalue weighted by atomic mass is 10.0. The van der Waals surface area contributed by atoms with Crippen molar-refractivity contribution in [2.24, 2.45) is 0 Å². The van der Waals surface area contributed by atoms with Gasteiger partial charge in [0.2, 0.25) is 0 Å². The van der Waals surface area contributed by atoms with Gasteiger partial charge >= 0.3 is 0 Å². The van der Waals surface area contributed by atoms with Gasteiger partial charge in [-0.25, -0.2) is 4.98 Å². The van der Waals surface area contributed by atoms with Crippen molar-refractivity contribution in [2.45, 2.75) is 13.1 Å². The number of pyridine rings is 1. The summed E-state index contributed by atoms with van der Waals surface area (Å²) in [5.41, 5.74) is 6.22. The number of hydrogen-bond donors (Lipinski definition) is 0. The van der Waals surface area contributed by atoms with E-state index in [-0.39, 0.29) is 0 Å². The van der Waals surface area contributed by atoms with Crippen LogP contribution >= 0.6 is 0 Å². The summed E-state index contributed by atoms with van der Waals surface area (Å²) >= 11 is 0. The number of benzene rings is 4. The molecule has 2 nitrogen and oxygen atoms in total. The van der Waals surface area contributed by atoms with Gasteiger partial charge in [-0.2, -0.15) is 0 Å². The number of hydrogen-bond acceptors (Lipinski definition) is 1. The van der Waals surface area contributed by atoms with Gasteiger partial charge in [0, 0.05) is 22.5 Å². The molecule has 0 atom stereocenters. The first kappa shape index (κ1) is 19.5. The summed E-state index contributed by atoms with van der Waals surface area (Å²) in [6.45, 7) is 4.96. The predicted molar refractivity (Wildman–Crippen MR) is 146 cm³/mol. The molecule has 0 radical (unpaired) electrons. The minimum Gasteiger partial charge on any atom is -0.301 e. The minimum absolute atomic E-state index is 0.961. The second kappa shape index (κ2) is 7.02. The average molecular weight is 453 g/mol. The summed E-state index contributed by atoms with van der Waals surface area (Å²) in [6, 6.07) is 37.1. The molecule has 1 aliphatic heterocycles. The van der Waals surface area contributed by atoms with Crippen LogP contribution in [0.3, 0.4) is 0 Å². The Morgan fingerprint density at radius 3 is 2.32 bits per heavy atom. The highest BCUT2D eigenvalue weighted by Crippen LogP contribution is 2.34. The zero-order valence-corrected chi connectivity index (χ0v) is 20.3. The number of aromatic nitrogens is 2. The third-order valence-electron chi connectivity index (χ3n) is 7.41. The maximum atomic E-state index is 5.21.